The molecule has 0 aliphatic rings. The van der Waals surface area contributed by atoms with Gasteiger partial charge in [0, 0.05) is 0 Å². The van der Waals surface area contributed by atoms with Crippen LogP contribution in [0.2, 0.25) is 0 Å². The molecule has 0 fully saturated rings. The molecule has 0 bridgehead atoms. The summed E-state index contributed by atoms with van der Waals surface area (Å²) in [5, 5.41) is 0. The molecule has 0 N–H and O–H groups in total. The molecule has 2 aromatic rings. The summed E-state index contributed by atoms with van der Waals surface area (Å²) >= 11 is 0. The van der Waals surface area contributed by atoms with Crippen LogP contribution in [-0.2, 0) is 12.8 Å². The number of hydrogen-bond donors (Lipinski definition) is 0. The lowest BCUT2D eigenvalue weighted by Gasteiger charge is -2.23. The molecule has 2 aromatic carbocycles. The fourth-order valence-corrected chi connectivity index (χ4v) is 3.31. The van der Waals surface area contributed by atoms with E-state index in [0.717, 1.165) is 12.8 Å². The Morgan fingerprint density at radius 3 is 1.61 bits per heavy atom. The Morgan fingerprint density at radius 2 is 1.17 bits per heavy atom. The van der Waals surface area contributed by atoms with Crippen molar-refractivity contribution in [1.29, 1.82) is 0 Å². The predicted molar refractivity (Wildman–Crippen MR) is 103 cm³/mol. The van der Waals surface area contributed by atoms with Gasteiger partial charge in [0.15, 0.2) is 0 Å². The standard InChI is InChI=1S/C23H32/c1-16(2)20-14-22(17(3)4)21(23(15-20)18(5)6)13-12-19-10-8-7-9-11-19/h7-11,14-18H,12-13H2,1-6H3. The molecule has 0 radical (unpaired) electrons. The zero-order valence-corrected chi connectivity index (χ0v) is 15.7. The van der Waals surface area contributed by atoms with E-state index < -0.39 is 0 Å². The highest BCUT2D eigenvalue weighted by molar-refractivity contribution is 5.44. The molecule has 0 aromatic heterocycles. The van der Waals surface area contributed by atoms with E-state index in [1.807, 2.05) is 0 Å². The SMILES string of the molecule is CC(C)c1cc(C(C)C)c(CCc2ccccc2)c(C(C)C)c1. The molecule has 0 nitrogen and oxygen atoms in total. The molecular formula is C23H32. The highest BCUT2D eigenvalue weighted by Gasteiger charge is 2.16. The molecule has 0 heterocycles. The van der Waals surface area contributed by atoms with Gasteiger partial charge in [0.05, 0.1) is 0 Å². The molecular weight excluding hydrogens is 276 g/mol. The zero-order chi connectivity index (χ0) is 17.0. The molecule has 0 saturated carbocycles. The van der Waals surface area contributed by atoms with Gasteiger partial charge in [-0.2, -0.15) is 0 Å². The number of aryl methyl sites for hydroxylation is 1. The summed E-state index contributed by atoms with van der Waals surface area (Å²) in [6, 6.07) is 15.8. The predicted octanol–water partition coefficient (Wildman–Crippen LogP) is 6.84. The number of benzene rings is 2. The molecule has 124 valence electrons. The summed E-state index contributed by atoms with van der Waals surface area (Å²) in [5.41, 5.74) is 7.61. The van der Waals surface area contributed by atoms with Gasteiger partial charge >= 0.3 is 0 Å². The van der Waals surface area contributed by atoms with E-state index in [0.29, 0.717) is 17.8 Å². The highest BCUT2D eigenvalue weighted by atomic mass is 14.2. The summed E-state index contributed by atoms with van der Waals surface area (Å²) < 4.78 is 0. The Balaban J connectivity index is 2.42. The summed E-state index contributed by atoms with van der Waals surface area (Å²) in [6.45, 7) is 13.9. The first-order chi connectivity index (χ1) is 10.9. The van der Waals surface area contributed by atoms with Gasteiger partial charge in [-0.3, -0.25) is 0 Å². The third-order valence-corrected chi connectivity index (χ3v) is 4.76. The molecule has 0 amide bonds. The van der Waals surface area contributed by atoms with Gasteiger partial charge in [0.2, 0.25) is 0 Å². The van der Waals surface area contributed by atoms with Crippen LogP contribution in [0.1, 0.15) is 87.1 Å². The molecule has 0 aliphatic heterocycles. The second kappa shape index (κ2) is 7.81. The number of rotatable bonds is 6. The van der Waals surface area contributed by atoms with E-state index in [2.05, 4.69) is 84.0 Å². The number of hydrogen-bond acceptors (Lipinski definition) is 0. The second-order valence-corrected chi connectivity index (χ2v) is 7.63. The smallest absolute Gasteiger partial charge is 0.0216 e. The zero-order valence-electron chi connectivity index (χ0n) is 15.7. The van der Waals surface area contributed by atoms with E-state index in [-0.39, 0.29) is 0 Å². The molecule has 0 saturated heterocycles. The lowest BCUT2D eigenvalue weighted by Crippen LogP contribution is -2.07. The Kier molecular flexibility index (Phi) is 6.04. The molecule has 0 heteroatoms. The second-order valence-electron chi connectivity index (χ2n) is 7.63. The van der Waals surface area contributed by atoms with Crippen molar-refractivity contribution in [2.45, 2.75) is 72.1 Å². The van der Waals surface area contributed by atoms with Crippen molar-refractivity contribution in [3.05, 3.63) is 70.3 Å². The van der Waals surface area contributed by atoms with Crippen molar-refractivity contribution >= 4 is 0 Å². The van der Waals surface area contributed by atoms with Crippen molar-refractivity contribution in [3.8, 4) is 0 Å². The van der Waals surface area contributed by atoms with E-state index >= 15 is 0 Å². The van der Waals surface area contributed by atoms with Gasteiger partial charge in [0.25, 0.3) is 0 Å². The lowest BCUT2D eigenvalue weighted by molar-refractivity contribution is 0.767. The fraction of sp³-hybridized carbons (Fsp3) is 0.478. The van der Waals surface area contributed by atoms with Crippen LogP contribution in [0.15, 0.2) is 42.5 Å². The first-order valence-electron chi connectivity index (χ1n) is 9.10. The fourth-order valence-electron chi connectivity index (χ4n) is 3.31. The van der Waals surface area contributed by atoms with Gasteiger partial charge < -0.3 is 0 Å². The van der Waals surface area contributed by atoms with Crippen LogP contribution in [0.4, 0.5) is 0 Å². The van der Waals surface area contributed by atoms with Crippen LogP contribution in [0.25, 0.3) is 0 Å². The Labute approximate surface area is 143 Å². The van der Waals surface area contributed by atoms with E-state index in [1.54, 1.807) is 16.7 Å². The van der Waals surface area contributed by atoms with Crippen LogP contribution < -0.4 is 0 Å². The summed E-state index contributed by atoms with van der Waals surface area (Å²) in [6.07, 6.45) is 2.27. The quantitative estimate of drug-likeness (QED) is 0.548. The van der Waals surface area contributed by atoms with Crippen molar-refractivity contribution in [3.63, 3.8) is 0 Å². The molecule has 0 atom stereocenters. The van der Waals surface area contributed by atoms with Crippen molar-refractivity contribution in [2.75, 3.05) is 0 Å². The third-order valence-electron chi connectivity index (χ3n) is 4.76. The first kappa shape index (κ1) is 17.8. The van der Waals surface area contributed by atoms with Crippen molar-refractivity contribution in [2.24, 2.45) is 0 Å². The maximum atomic E-state index is 2.46. The average molecular weight is 309 g/mol. The topological polar surface area (TPSA) is 0 Å². The Hall–Kier alpha value is -1.56. The summed E-state index contributed by atoms with van der Waals surface area (Å²) in [7, 11) is 0. The van der Waals surface area contributed by atoms with Crippen molar-refractivity contribution < 1.29 is 0 Å². The van der Waals surface area contributed by atoms with Gasteiger partial charge in [0.1, 0.15) is 0 Å². The molecule has 0 unspecified atom stereocenters. The molecule has 0 aliphatic carbocycles. The maximum absolute atomic E-state index is 2.46. The van der Waals surface area contributed by atoms with E-state index in [4.69, 9.17) is 0 Å². The summed E-state index contributed by atoms with van der Waals surface area (Å²) in [5.74, 6) is 1.75. The van der Waals surface area contributed by atoms with Crippen molar-refractivity contribution in [1.82, 2.24) is 0 Å². The molecule has 0 spiro atoms. The van der Waals surface area contributed by atoms with Crippen LogP contribution in [-0.4, -0.2) is 0 Å². The largest absolute Gasteiger partial charge is 0.0622 e. The summed E-state index contributed by atoms with van der Waals surface area (Å²) in [4.78, 5) is 0. The average Bonchev–Trinajstić information content (AvgIpc) is 2.52. The monoisotopic (exact) mass is 308 g/mol. The molecule has 23 heavy (non-hydrogen) atoms. The van der Waals surface area contributed by atoms with Gasteiger partial charge in [-0.1, -0.05) is 84.0 Å². The normalized spacial score (nSPS) is 11.7. The Bertz CT molecular complexity index is 589. The van der Waals surface area contributed by atoms with Gasteiger partial charge in [-0.25, -0.2) is 0 Å². The minimum atomic E-state index is 0.581. The molecule has 2 rings (SSSR count). The van der Waals surface area contributed by atoms with Crippen LogP contribution in [0.5, 0.6) is 0 Å². The van der Waals surface area contributed by atoms with Crippen LogP contribution >= 0.6 is 0 Å². The minimum Gasteiger partial charge on any atom is -0.0622 e. The Morgan fingerprint density at radius 1 is 0.652 bits per heavy atom. The van der Waals surface area contributed by atoms with Gasteiger partial charge in [-0.05, 0) is 58.4 Å². The third kappa shape index (κ3) is 4.47. The van der Waals surface area contributed by atoms with E-state index in [9.17, 15) is 0 Å². The van der Waals surface area contributed by atoms with Gasteiger partial charge in [-0.15, -0.1) is 0 Å². The van der Waals surface area contributed by atoms with E-state index in [1.165, 1.54) is 11.1 Å². The maximum Gasteiger partial charge on any atom is -0.0216 e. The first-order valence-corrected chi connectivity index (χ1v) is 9.10. The highest BCUT2D eigenvalue weighted by Crippen LogP contribution is 2.32. The minimum absolute atomic E-state index is 0.581. The van der Waals surface area contributed by atoms with Crippen LogP contribution in [0, 0.1) is 0 Å². The van der Waals surface area contributed by atoms with Crippen LogP contribution in [0.3, 0.4) is 0 Å². The lowest BCUT2D eigenvalue weighted by atomic mass is 9.82.